The van der Waals surface area contributed by atoms with E-state index in [9.17, 15) is 22.8 Å². The molecule has 0 aliphatic carbocycles. The van der Waals surface area contributed by atoms with Crippen molar-refractivity contribution in [1.82, 2.24) is 9.66 Å². The van der Waals surface area contributed by atoms with Crippen molar-refractivity contribution >= 4 is 45.7 Å². The molecule has 0 aliphatic heterocycles. The van der Waals surface area contributed by atoms with Gasteiger partial charge < -0.3 is 14.2 Å². The Bertz CT molecular complexity index is 1650. The molecule has 40 heavy (non-hydrogen) atoms. The van der Waals surface area contributed by atoms with Crippen LogP contribution in [0.15, 0.2) is 70.6 Å². The summed E-state index contributed by atoms with van der Waals surface area (Å²) >= 11 is 2.01. The Labute approximate surface area is 240 Å². The molecule has 208 valence electrons. The first-order chi connectivity index (χ1) is 19.0. The fourth-order valence-corrected chi connectivity index (χ4v) is 4.56. The predicted molar refractivity (Wildman–Crippen MR) is 152 cm³/mol. The third kappa shape index (κ3) is 6.27. The molecule has 0 aliphatic rings. The van der Waals surface area contributed by atoms with Crippen LogP contribution in [0.25, 0.3) is 22.3 Å². The van der Waals surface area contributed by atoms with E-state index in [1.165, 1.54) is 25.5 Å². The predicted octanol–water partition coefficient (Wildman–Crippen LogP) is 5.91. The molecule has 4 aromatic rings. The molecule has 3 aromatic carbocycles. The standard InChI is InChI=1S/C28H23F3IN3O5/c1-4-39-23-13-17(12-21(32)24(23)40-16(2)27(37)38-3)15-33-35-25(18-8-7-9-19(14-18)28(29,30)31)34-22-11-6-5-10-20(22)26(35)36/h5-16H,4H2,1-3H3/t16-/m1/s1. The molecular formula is C28H23F3IN3O5. The maximum atomic E-state index is 13.4. The van der Waals surface area contributed by atoms with E-state index in [4.69, 9.17) is 14.2 Å². The first kappa shape index (κ1) is 29.1. The van der Waals surface area contributed by atoms with Crippen LogP contribution in [0.1, 0.15) is 25.0 Å². The van der Waals surface area contributed by atoms with Crippen molar-refractivity contribution in [3.63, 3.8) is 0 Å². The SMILES string of the molecule is CCOc1cc(C=Nn2c(-c3cccc(C(F)(F)F)c3)nc3ccccc3c2=O)cc(I)c1O[C@H](C)C(=O)OC. The second-order valence-corrected chi connectivity index (χ2v) is 9.60. The number of fused-ring (bicyclic) bond motifs is 1. The van der Waals surface area contributed by atoms with Crippen LogP contribution in [-0.2, 0) is 15.7 Å². The summed E-state index contributed by atoms with van der Waals surface area (Å²) in [4.78, 5) is 29.8. The Hall–Kier alpha value is -3.94. The van der Waals surface area contributed by atoms with Gasteiger partial charge in [-0.15, -0.1) is 0 Å². The molecule has 12 heteroatoms. The number of rotatable bonds is 8. The van der Waals surface area contributed by atoms with E-state index in [-0.39, 0.29) is 16.8 Å². The van der Waals surface area contributed by atoms with Gasteiger partial charge in [-0.05, 0) is 78.4 Å². The Morgan fingerprint density at radius 1 is 1.15 bits per heavy atom. The summed E-state index contributed by atoms with van der Waals surface area (Å²) in [6.45, 7) is 3.62. The molecule has 0 bridgehead atoms. The normalized spacial score (nSPS) is 12.5. The number of methoxy groups -OCH3 is 1. The van der Waals surface area contributed by atoms with E-state index in [0.29, 0.717) is 32.8 Å². The summed E-state index contributed by atoms with van der Waals surface area (Å²) in [5.41, 5.74) is -0.543. The van der Waals surface area contributed by atoms with Gasteiger partial charge in [-0.1, -0.05) is 24.3 Å². The van der Waals surface area contributed by atoms with Crippen LogP contribution in [0.2, 0.25) is 0 Å². The Balaban J connectivity index is 1.84. The third-order valence-corrected chi connectivity index (χ3v) is 6.48. The molecule has 0 saturated heterocycles. The molecule has 4 rings (SSSR count). The van der Waals surface area contributed by atoms with E-state index < -0.39 is 29.4 Å². The van der Waals surface area contributed by atoms with Crippen LogP contribution in [0.5, 0.6) is 11.5 Å². The highest BCUT2D eigenvalue weighted by molar-refractivity contribution is 14.1. The number of aromatic nitrogens is 2. The van der Waals surface area contributed by atoms with Gasteiger partial charge in [-0.25, -0.2) is 9.78 Å². The number of carbonyl (C=O) groups excluding carboxylic acids is 1. The second kappa shape index (κ2) is 12.1. The van der Waals surface area contributed by atoms with E-state index in [2.05, 4.69) is 10.1 Å². The van der Waals surface area contributed by atoms with Crippen molar-refractivity contribution in [2.45, 2.75) is 26.1 Å². The van der Waals surface area contributed by atoms with Gasteiger partial charge >= 0.3 is 12.1 Å². The molecule has 8 nitrogen and oxygen atoms in total. The number of hydrogen-bond donors (Lipinski definition) is 0. The number of alkyl halides is 3. The molecule has 0 spiro atoms. The van der Waals surface area contributed by atoms with Gasteiger partial charge in [0.25, 0.3) is 5.56 Å². The molecule has 0 fully saturated rings. The van der Waals surface area contributed by atoms with E-state index >= 15 is 0 Å². The molecule has 0 unspecified atom stereocenters. The minimum Gasteiger partial charge on any atom is -0.490 e. The van der Waals surface area contributed by atoms with Gasteiger partial charge in [0.2, 0.25) is 0 Å². The maximum absolute atomic E-state index is 13.4. The molecule has 0 N–H and O–H groups in total. The van der Waals surface area contributed by atoms with Gasteiger partial charge in [0, 0.05) is 5.56 Å². The van der Waals surface area contributed by atoms with Gasteiger partial charge in [-0.3, -0.25) is 4.79 Å². The summed E-state index contributed by atoms with van der Waals surface area (Å²) in [5, 5.41) is 4.58. The summed E-state index contributed by atoms with van der Waals surface area (Å²) < 4.78 is 58.1. The van der Waals surface area contributed by atoms with Crippen LogP contribution in [-0.4, -0.2) is 41.7 Å². The second-order valence-electron chi connectivity index (χ2n) is 8.44. The molecular weight excluding hydrogens is 642 g/mol. The molecule has 0 amide bonds. The highest BCUT2D eigenvalue weighted by Gasteiger charge is 2.31. The average Bonchev–Trinajstić information content (AvgIpc) is 2.93. The van der Waals surface area contributed by atoms with Crippen LogP contribution >= 0.6 is 22.6 Å². The number of hydrogen-bond acceptors (Lipinski definition) is 7. The average molecular weight is 665 g/mol. The monoisotopic (exact) mass is 665 g/mol. The Kier molecular flexibility index (Phi) is 8.76. The summed E-state index contributed by atoms with van der Waals surface area (Å²) in [6, 6.07) is 14.4. The number of halogens is 4. The summed E-state index contributed by atoms with van der Waals surface area (Å²) in [6.07, 6.45) is -4.11. The largest absolute Gasteiger partial charge is 0.490 e. The molecule has 0 saturated carbocycles. The van der Waals surface area contributed by atoms with Crippen LogP contribution in [0.4, 0.5) is 13.2 Å². The zero-order valence-electron chi connectivity index (χ0n) is 21.5. The lowest BCUT2D eigenvalue weighted by Crippen LogP contribution is -2.25. The topological polar surface area (TPSA) is 92.0 Å². The molecule has 0 radical (unpaired) electrons. The number of ether oxygens (including phenoxy) is 3. The number of nitrogens with zero attached hydrogens (tertiary/aromatic N) is 3. The zero-order valence-corrected chi connectivity index (χ0v) is 23.7. The molecule has 1 atom stereocenters. The lowest BCUT2D eigenvalue weighted by atomic mass is 10.1. The third-order valence-electron chi connectivity index (χ3n) is 5.68. The Morgan fingerprint density at radius 2 is 1.90 bits per heavy atom. The lowest BCUT2D eigenvalue weighted by Gasteiger charge is -2.18. The van der Waals surface area contributed by atoms with E-state index in [1.54, 1.807) is 50.2 Å². The van der Waals surface area contributed by atoms with Gasteiger partial charge in [-0.2, -0.15) is 22.9 Å². The number of para-hydroxylation sites is 1. The minimum atomic E-state index is -4.58. The number of carbonyl (C=O) groups is 1. The van der Waals surface area contributed by atoms with Gasteiger partial charge in [0.15, 0.2) is 23.4 Å². The van der Waals surface area contributed by atoms with Crippen molar-refractivity contribution < 1.29 is 32.2 Å². The quantitative estimate of drug-likeness (QED) is 0.132. The highest BCUT2D eigenvalue weighted by atomic mass is 127. The first-order valence-corrected chi connectivity index (χ1v) is 13.1. The molecule has 1 aromatic heterocycles. The molecule has 1 heterocycles. The number of esters is 1. The van der Waals surface area contributed by atoms with Crippen molar-refractivity contribution in [3.05, 3.63) is 85.7 Å². The zero-order chi connectivity index (χ0) is 29.0. The fraction of sp³-hybridized carbons (Fsp3) is 0.214. The fourth-order valence-electron chi connectivity index (χ4n) is 3.81. The van der Waals surface area contributed by atoms with Gasteiger partial charge in [0.1, 0.15) is 0 Å². The van der Waals surface area contributed by atoms with Crippen molar-refractivity contribution in [3.8, 4) is 22.9 Å². The van der Waals surface area contributed by atoms with Crippen LogP contribution in [0.3, 0.4) is 0 Å². The summed E-state index contributed by atoms with van der Waals surface area (Å²) in [7, 11) is 1.26. The smallest absolute Gasteiger partial charge is 0.416 e. The van der Waals surface area contributed by atoms with Gasteiger partial charge in [0.05, 0.1) is 40.0 Å². The van der Waals surface area contributed by atoms with E-state index in [1.807, 2.05) is 22.6 Å². The van der Waals surface area contributed by atoms with Crippen molar-refractivity contribution in [1.29, 1.82) is 0 Å². The van der Waals surface area contributed by atoms with Crippen molar-refractivity contribution in [2.75, 3.05) is 13.7 Å². The van der Waals surface area contributed by atoms with Crippen molar-refractivity contribution in [2.24, 2.45) is 5.10 Å². The van der Waals surface area contributed by atoms with Crippen LogP contribution in [0, 0.1) is 3.57 Å². The first-order valence-electron chi connectivity index (χ1n) is 12.0. The minimum absolute atomic E-state index is 0.0577. The van der Waals surface area contributed by atoms with E-state index in [0.717, 1.165) is 16.8 Å². The maximum Gasteiger partial charge on any atom is 0.416 e. The highest BCUT2D eigenvalue weighted by Crippen LogP contribution is 2.35. The summed E-state index contributed by atoms with van der Waals surface area (Å²) in [5.74, 6) is 0.0344. The van der Waals surface area contributed by atoms with Crippen LogP contribution < -0.4 is 15.0 Å². The lowest BCUT2D eigenvalue weighted by molar-refractivity contribution is -0.148. The number of benzene rings is 3. The Morgan fingerprint density at radius 3 is 2.60 bits per heavy atom.